The standard InChI is InChI=1S/C16H29N3/c1-5-9-17-14-6-8-16(4,11-14)12-15-7-10-19(18-15)13(2)3/h7,10,13-14,17H,5-6,8-9,11-12H2,1-4H3. The van der Waals surface area contributed by atoms with Crippen molar-refractivity contribution >= 4 is 0 Å². The number of nitrogens with one attached hydrogen (secondary N) is 1. The summed E-state index contributed by atoms with van der Waals surface area (Å²) in [6.45, 7) is 10.2. The van der Waals surface area contributed by atoms with Crippen LogP contribution < -0.4 is 5.32 Å². The van der Waals surface area contributed by atoms with Gasteiger partial charge in [0.05, 0.1) is 5.69 Å². The highest BCUT2D eigenvalue weighted by atomic mass is 15.3. The van der Waals surface area contributed by atoms with Crippen molar-refractivity contribution in [2.45, 2.75) is 71.9 Å². The first kappa shape index (κ1) is 14.6. The Morgan fingerprint density at radius 3 is 2.95 bits per heavy atom. The lowest BCUT2D eigenvalue weighted by atomic mass is 9.83. The zero-order chi connectivity index (χ0) is 13.9. The summed E-state index contributed by atoms with van der Waals surface area (Å²) < 4.78 is 2.07. The van der Waals surface area contributed by atoms with Crippen LogP contribution in [0.25, 0.3) is 0 Å². The second-order valence-electron chi connectivity index (χ2n) is 6.76. The Balaban J connectivity index is 1.91. The fraction of sp³-hybridized carbons (Fsp3) is 0.812. The highest BCUT2D eigenvalue weighted by molar-refractivity contribution is 5.05. The zero-order valence-corrected chi connectivity index (χ0v) is 12.9. The van der Waals surface area contributed by atoms with E-state index in [1.54, 1.807) is 0 Å². The minimum absolute atomic E-state index is 0.432. The van der Waals surface area contributed by atoms with Crippen LogP contribution in [0.15, 0.2) is 12.3 Å². The summed E-state index contributed by atoms with van der Waals surface area (Å²) in [7, 11) is 0. The lowest BCUT2D eigenvalue weighted by Crippen LogP contribution is -2.29. The molecule has 108 valence electrons. The van der Waals surface area contributed by atoms with Gasteiger partial charge in [0, 0.05) is 18.3 Å². The minimum atomic E-state index is 0.432. The van der Waals surface area contributed by atoms with Crippen molar-refractivity contribution in [3.05, 3.63) is 18.0 Å². The summed E-state index contributed by atoms with van der Waals surface area (Å²) >= 11 is 0. The third-order valence-electron chi connectivity index (χ3n) is 4.32. The Morgan fingerprint density at radius 2 is 2.32 bits per heavy atom. The van der Waals surface area contributed by atoms with Crippen molar-refractivity contribution in [2.24, 2.45) is 5.41 Å². The summed E-state index contributed by atoms with van der Waals surface area (Å²) in [4.78, 5) is 0. The van der Waals surface area contributed by atoms with E-state index in [4.69, 9.17) is 5.10 Å². The lowest BCUT2D eigenvalue weighted by molar-refractivity contribution is 0.316. The predicted molar refractivity (Wildman–Crippen MR) is 80.4 cm³/mol. The molecular formula is C16H29N3. The van der Waals surface area contributed by atoms with Crippen molar-refractivity contribution in [1.82, 2.24) is 15.1 Å². The lowest BCUT2D eigenvalue weighted by Gasteiger charge is -2.23. The third kappa shape index (κ3) is 3.82. The number of hydrogen-bond acceptors (Lipinski definition) is 2. The molecular weight excluding hydrogens is 234 g/mol. The molecule has 0 bridgehead atoms. The molecule has 1 saturated carbocycles. The first-order valence-corrected chi connectivity index (χ1v) is 7.80. The topological polar surface area (TPSA) is 29.9 Å². The average molecular weight is 263 g/mol. The number of nitrogens with zero attached hydrogens (tertiary/aromatic N) is 2. The Morgan fingerprint density at radius 1 is 1.53 bits per heavy atom. The van der Waals surface area contributed by atoms with E-state index >= 15 is 0 Å². The first-order chi connectivity index (χ1) is 9.02. The average Bonchev–Trinajstić information content (AvgIpc) is 2.94. The zero-order valence-electron chi connectivity index (χ0n) is 12.9. The largest absolute Gasteiger partial charge is 0.314 e. The molecule has 0 saturated heterocycles. The Kier molecular flexibility index (Phi) is 4.67. The molecule has 0 radical (unpaired) electrons. The molecule has 1 aromatic rings. The molecule has 19 heavy (non-hydrogen) atoms. The van der Waals surface area contributed by atoms with E-state index in [2.05, 4.69) is 50.0 Å². The summed E-state index contributed by atoms with van der Waals surface area (Å²) in [5.74, 6) is 0. The molecule has 1 aliphatic carbocycles. The van der Waals surface area contributed by atoms with Gasteiger partial charge < -0.3 is 5.32 Å². The molecule has 1 aromatic heterocycles. The van der Waals surface area contributed by atoms with Crippen LogP contribution in [0.2, 0.25) is 0 Å². The molecule has 3 nitrogen and oxygen atoms in total. The SMILES string of the molecule is CCCNC1CCC(C)(Cc2ccn(C(C)C)n2)C1. The molecule has 1 aliphatic rings. The Hall–Kier alpha value is -0.830. The van der Waals surface area contributed by atoms with Gasteiger partial charge in [-0.1, -0.05) is 13.8 Å². The summed E-state index contributed by atoms with van der Waals surface area (Å²) in [6, 6.07) is 3.37. The van der Waals surface area contributed by atoms with E-state index in [0.717, 1.165) is 19.0 Å². The molecule has 0 aromatic carbocycles. The third-order valence-corrected chi connectivity index (χ3v) is 4.32. The van der Waals surface area contributed by atoms with Gasteiger partial charge in [0.1, 0.15) is 0 Å². The highest BCUT2D eigenvalue weighted by Gasteiger charge is 2.35. The van der Waals surface area contributed by atoms with E-state index in [1.165, 1.54) is 31.4 Å². The van der Waals surface area contributed by atoms with Crippen LogP contribution in [0, 0.1) is 5.41 Å². The van der Waals surface area contributed by atoms with Gasteiger partial charge in [-0.05, 0) is 64.0 Å². The molecule has 2 unspecified atom stereocenters. The molecule has 0 spiro atoms. The summed E-state index contributed by atoms with van der Waals surface area (Å²) in [5.41, 5.74) is 1.69. The van der Waals surface area contributed by atoms with Gasteiger partial charge in [-0.2, -0.15) is 5.10 Å². The fourth-order valence-electron chi connectivity index (χ4n) is 3.20. The second kappa shape index (κ2) is 6.08. The highest BCUT2D eigenvalue weighted by Crippen LogP contribution is 2.40. The number of rotatable bonds is 6. The maximum absolute atomic E-state index is 4.70. The van der Waals surface area contributed by atoms with Gasteiger partial charge in [0.2, 0.25) is 0 Å². The maximum atomic E-state index is 4.70. The van der Waals surface area contributed by atoms with E-state index in [0.29, 0.717) is 11.5 Å². The molecule has 3 heteroatoms. The van der Waals surface area contributed by atoms with Crippen LogP contribution in [-0.4, -0.2) is 22.4 Å². The van der Waals surface area contributed by atoms with E-state index in [9.17, 15) is 0 Å². The smallest absolute Gasteiger partial charge is 0.0630 e. The van der Waals surface area contributed by atoms with E-state index in [-0.39, 0.29) is 0 Å². The summed E-state index contributed by atoms with van der Waals surface area (Å²) in [6.07, 6.45) is 8.40. The maximum Gasteiger partial charge on any atom is 0.0630 e. The van der Waals surface area contributed by atoms with Crippen LogP contribution in [0.4, 0.5) is 0 Å². The number of aromatic nitrogens is 2. The van der Waals surface area contributed by atoms with Gasteiger partial charge in [-0.3, -0.25) is 4.68 Å². The Bertz CT molecular complexity index is 396. The van der Waals surface area contributed by atoms with Crippen LogP contribution >= 0.6 is 0 Å². The molecule has 1 fully saturated rings. The van der Waals surface area contributed by atoms with Gasteiger partial charge in [-0.25, -0.2) is 0 Å². The van der Waals surface area contributed by atoms with Gasteiger partial charge in [-0.15, -0.1) is 0 Å². The molecule has 0 amide bonds. The molecule has 2 atom stereocenters. The van der Waals surface area contributed by atoms with Crippen molar-refractivity contribution in [3.8, 4) is 0 Å². The quantitative estimate of drug-likeness (QED) is 0.850. The fourth-order valence-corrected chi connectivity index (χ4v) is 3.20. The Labute approximate surface area is 117 Å². The second-order valence-corrected chi connectivity index (χ2v) is 6.76. The van der Waals surface area contributed by atoms with Crippen molar-refractivity contribution in [2.75, 3.05) is 6.54 Å². The van der Waals surface area contributed by atoms with E-state index < -0.39 is 0 Å². The van der Waals surface area contributed by atoms with Crippen LogP contribution in [0.1, 0.15) is 65.1 Å². The molecule has 1 N–H and O–H groups in total. The van der Waals surface area contributed by atoms with Crippen LogP contribution in [0.3, 0.4) is 0 Å². The normalized spacial score (nSPS) is 27.3. The van der Waals surface area contributed by atoms with Crippen molar-refractivity contribution < 1.29 is 0 Å². The van der Waals surface area contributed by atoms with Crippen LogP contribution in [-0.2, 0) is 6.42 Å². The van der Waals surface area contributed by atoms with Crippen molar-refractivity contribution in [3.63, 3.8) is 0 Å². The minimum Gasteiger partial charge on any atom is -0.314 e. The molecule has 1 heterocycles. The summed E-state index contributed by atoms with van der Waals surface area (Å²) in [5, 5.41) is 8.37. The van der Waals surface area contributed by atoms with Gasteiger partial charge in [0.25, 0.3) is 0 Å². The number of hydrogen-bond donors (Lipinski definition) is 1. The predicted octanol–water partition coefficient (Wildman–Crippen LogP) is 3.56. The van der Waals surface area contributed by atoms with Crippen LogP contribution in [0.5, 0.6) is 0 Å². The monoisotopic (exact) mass is 263 g/mol. The van der Waals surface area contributed by atoms with Gasteiger partial charge in [0.15, 0.2) is 0 Å². The van der Waals surface area contributed by atoms with Gasteiger partial charge >= 0.3 is 0 Å². The van der Waals surface area contributed by atoms with Crippen molar-refractivity contribution in [1.29, 1.82) is 0 Å². The molecule has 2 rings (SSSR count). The first-order valence-electron chi connectivity index (χ1n) is 7.80. The molecule has 0 aliphatic heterocycles. The van der Waals surface area contributed by atoms with E-state index in [1.807, 2.05) is 0 Å².